The van der Waals surface area contributed by atoms with Gasteiger partial charge in [0.1, 0.15) is 4.88 Å². The van der Waals surface area contributed by atoms with E-state index in [1.54, 1.807) is 35.7 Å². The second kappa shape index (κ2) is 6.34. The van der Waals surface area contributed by atoms with E-state index >= 15 is 0 Å². The molecule has 0 unspecified atom stereocenters. The van der Waals surface area contributed by atoms with Gasteiger partial charge in [-0.05, 0) is 23.6 Å². The van der Waals surface area contributed by atoms with E-state index in [2.05, 4.69) is 10.1 Å². The van der Waals surface area contributed by atoms with Gasteiger partial charge in [-0.25, -0.2) is 13.2 Å². The summed E-state index contributed by atoms with van der Waals surface area (Å²) >= 11 is 1.15. The van der Waals surface area contributed by atoms with Gasteiger partial charge >= 0.3 is 5.97 Å². The highest BCUT2D eigenvalue weighted by molar-refractivity contribution is 7.97. The zero-order valence-corrected chi connectivity index (χ0v) is 15.0. The van der Waals surface area contributed by atoms with Crippen LogP contribution in [0.2, 0.25) is 0 Å². The van der Waals surface area contributed by atoms with Gasteiger partial charge in [-0.2, -0.15) is 0 Å². The van der Waals surface area contributed by atoms with Crippen molar-refractivity contribution >= 4 is 44.5 Å². The molecule has 0 radical (unpaired) electrons. The van der Waals surface area contributed by atoms with Crippen LogP contribution in [0, 0.1) is 0 Å². The Labute approximate surface area is 148 Å². The number of rotatable bonds is 3. The fraction of sp³-hybridized carbons (Fsp3) is 0.125. The van der Waals surface area contributed by atoms with Gasteiger partial charge < -0.3 is 10.1 Å². The molecular formula is C16H14N2O5S2. The summed E-state index contributed by atoms with van der Waals surface area (Å²) in [6.07, 6.45) is 1.11. The predicted molar refractivity (Wildman–Crippen MR) is 95.5 cm³/mol. The minimum Gasteiger partial charge on any atom is -0.465 e. The van der Waals surface area contributed by atoms with E-state index in [4.69, 9.17) is 0 Å². The molecule has 0 atom stereocenters. The number of methoxy groups -OCH3 is 1. The Morgan fingerprint density at radius 2 is 2.00 bits per heavy atom. The lowest BCUT2D eigenvalue weighted by Gasteiger charge is -2.27. The molecular weight excluding hydrogens is 364 g/mol. The number of carbonyl (C=O) groups excluding carboxylic acids is 2. The third-order valence-corrected chi connectivity index (χ3v) is 6.42. The van der Waals surface area contributed by atoms with Gasteiger partial charge in [0.15, 0.2) is 4.91 Å². The number of esters is 1. The number of nitrogens with zero attached hydrogens (tertiary/aromatic N) is 1. The van der Waals surface area contributed by atoms with E-state index in [0.29, 0.717) is 16.9 Å². The summed E-state index contributed by atoms with van der Waals surface area (Å²) in [6, 6.07) is 8.08. The molecule has 0 aliphatic carbocycles. The monoisotopic (exact) mass is 378 g/mol. The number of Topliss-reactive ketones (excluding diaryl/α,β-unsaturated/α-hetero) is 1. The van der Waals surface area contributed by atoms with Crippen LogP contribution in [0.3, 0.4) is 0 Å². The number of anilines is 2. The summed E-state index contributed by atoms with van der Waals surface area (Å²) < 4.78 is 31.0. The van der Waals surface area contributed by atoms with Crippen molar-refractivity contribution in [2.24, 2.45) is 0 Å². The predicted octanol–water partition coefficient (Wildman–Crippen LogP) is 2.45. The van der Waals surface area contributed by atoms with Crippen LogP contribution in [0.15, 0.2) is 46.8 Å². The molecule has 9 heteroatoms. The average molecular weight is 378 g/mol. The Morgan fingerprint density at radius 1 is 1.28 bits per heavy atom. The maximum atomic E-state index is 12.6. The second-order valence-electron chi connectivity index (χ2n) is 5.13. The van der Waals surface area contributed by atoms with Crippen molar-refractivity contribution in [3.8, 4) is 0 Å². The number of sulfonamides is 1. The van der Waals surface area contributed by atoms with Crippen LogP contribution in [0.25, 0.3) is 0 Å². The SMILES string of the molecule is COC(=O)c1sccc1N/C=C1\C(=O)c2ccccc2N(C)S1(=O)=O. The highest BCUT2D eigenvalue weighted by atomic mass is 32.2. The quantitative estimate of drug-likeness (QED) is 0.651. The molecule has 0 amide bonds. The summed E-state index contributed by atoms with van der Waals surface area (Å²) in [4.78, 5) is 24.2. The van der Waals surface area contributed by atoms with Crippen molar-refractivity contribution < 1.29 is 22.7 Å². The Balaban J connectivity index is 2.03. The zero-order chi connectivity index (χ0) is 18.2. The Morgan fingerprint density at radius 3 is 2.72 bits per heavy atom. The first-order chi connectivity index (χ1) is 11.9. The Bertz CT molecular complexity index is 991. The molecule has 7 nitrogen and oxygen atoms in total. The van der Waals surface area contributed by atoms with Crippen LogP contribution in [0.1, 0.15) is 20.0 Å². The largest absolute Gasteiger partial charge is 0.465 e. The number of fused-ring (bicyclic) bond motifs is 1. The van der Waals surface area contributed by atoms with Gasteiger partial charge in [0.2, 0.25) is 5.78 Å². The number of allylic oxidation sites excluding steroid dienone is 1. The molecule has 0 bridgehead atoms. The molecule has 25 heavy (non-hydrogen) atoms. The van der Waals surface area contributed by atoms with Crippen molar-refractivity contribution in [3.63, 3.8) is 0 Å². The van der Waals surface area contributed by atoms with Crippen molar-refractivity contribution in [2.75, 3.05) is 23.8 Å². The van der Waals surface area contributed by atoms with Crippen LogP contribution in [0.5, 0.6) is 0 Å². The molecule has 1 aromatic heterocycles. The summed E-state index contributed by atoms with van der Waals surface area (Å²) in [6.45, 7) is 0. The number of nitrogens with one attached hydrogen (secondary N) is 1. The van der Waals surface area contributed by atoms with Gasteiger partial charge in [0, 0.05) is 18.8 Å². The van der Waals surface area contributed by atoms with E-state index in [0.717, 1.165) is 21.8 Å². The van der Waals surface area contributed by atoms with Crippen LogP contribution in [-0.2, 0) is 14.8 Å². The number of thiophene rings is 1. The van der Waals surface area contributed by atoms with Gasteiger partial charge in [0.25, 0.3) is 10.0 Å². The van der Waals surface area contributed by atoms with Gasteiger partial charge in [-0.15, -0.1) is 11.3 Å². The molecule has 2 heterocycles. The van der Waals surface area contributed by atoms with Crippen molar-refractivity contribution in [3.05, 3.63) is 57.3 Å². The molecule has 0 spiro atoms. The fourth-order valence-corrected chi connectivity index (χ4v) is 4.46. The first kappa shape index (κ1) is 17.2. The smallest absolute Gasteiger partial charge is 0.350 e. The van der Waals surface area contributed by atoms with Crippen LogP contribution in [0.4, 0.5) is 11.4 Å². The fourth-order valence-electron chi connectivity index (χ4n) is 2.42. The molecule has 1 N–H and O–H groups in total. The summed E-state index contributed by atoms with van der Waals surface area (Å²) in [5.74, 6) is -1.15. The molecule has 1 aliphatic rings. The first-order valence-electron chi connectivity index (χ1n) is 7.13. The lowest BCUT2D eigenvalue weighted by molar-refractivity contribution is 0.0607. The number of para-hydroxylation sites is 1. The van der Waals surface area contributed by atoms with E-state index in [1.807, 2.05) is 0 Å². The Kier molecular flexibility index (Phi) is 4.36. The summed E-state index contributed by atoms with van der Waals surface area (Å²) in [5.41, 5.74) is 0.996. The molecule has 1 aromatic carbocycles. The number of benzene rings is 1. The highest BCUT2D eigenvalue weighted by Gasteiger charge is 2.37. The maximum absolute atomic E-state index is 12.6. The molecule has 0 saturated heterocycles. The van der Waals surface area contributed by atoms with E-state index in [1.165, 1.54) is 14.2 Å². The van der Waals surface area contributed by atoms with Crippen LogP contribution < -0.4 is 9.62 Å². The van der Waals surface area contributed by atoms with Crippen LogP contribution >= 0.6 is 11.3 Å². The number of carbonyl (C=O) groups is 2. The van der Waals surface area contributed by atoms with E-state index in [9.17, 15) is 18.0 Å². The molecule has 0 fully saturated rings. The molecule has 1 aliphatic heterocycles. The normalized spacial score (nSPS) is 17.3. The summed E-state index contributed by atoms with van der Waals surface area (Å²) in [5, 5.41) is 4.39. The lowest BCUT2D eigenvalue weighted by atomic mass is 10.1. The second-order valence-corrected chi connectivity index (χ2v) is 7.98. The third-order valence-electron chi connectivity index (χ3n) is 3.74. The standard InChI is InChI=1S/C16H14N2O5S2/c1-18-12-6-4-3-5-10(12)14(19)13(25(18,21)22)9-17-11-7-8-24-15(11)16(20)23-2/h3-9,17H,1-2H3/b13-9+. The van der Waals surface area contributed by atoms with Gasteiger partial charge in [0.05, 0.1) is 18.5 Å². The zero-order valence-electron chi connectivity index (χ0n) is 13.3. The summed E-state index contributed by atoms with van der Waals surface area (Å²) in [7, 11) is -1.34. The minimum atomic E-state index is -3.99. The molecule has 0 saturated carbocycles. The molecule has 2 aromatic rings. The van der Waals surface area contributed by atoms with Gasteiger partial charge in [-0.1, -0.05) is 12.1 Å². The average Bonchev–Trinajstić information content (AvgIpc) is 3.07. The number of ketones is 1. The number of hydrogen-bond donors (Lipinski definition) is 1. The number of ether oxygens (including phenoxy) is 1. The van der Waals surface area contributed by atoms with Crippen molar-refractivity contribution in [1.82, 2.24) is 0 Å². The van der Waals surface area contributed by atoms with Crippen molar-refractivity contribution in [2.45, 2.75) is 0 Å². The Hall–Kier alpha value is -2.65. The van der Waals surface area contributed by atoms with Gasteiger partial charge in [-0.3, -0.25) is 9.10 Å². The minimum absolute atomic E-state index is 0.286. The topological polar surface area (TPSA) is 92.8 Å². The van der Waals surface area contributed by atoms with E-state index < -0.39 is 26.7 Å². The van der Waals surface area contributed by atoms with Crippen LogP contribution in [-0.4, -0.2) is 34.3 Å². The van der Waals surface area contributed by atoms with Crippen molar-refractivity contribution in [1.29, 1.82) is 0 Å². The molecule has 130 valence electrons. The highest BCUT2D eigenvalue weighted by Crippen LogP contribution is 2.34. The first-order valence-corrected chi connectivity index (χ1v) is 9.45. The third kappa shape index (κ3) is 2.81. The molecule has 3 rings (SSSR count). The van der Waals surface area contributed by atoms with E-state index in [-0.39, 0.29) is 4.88 Å². The maximum Gasteiger partial charge on any atom is 0.350 e. The lowest BCUT2D eigenvalue weighted by Crippen LogP contribution is -2.36. The number of hydrogen-bond acceptors (Lipinski definition) is 7.